The Labute approximate surface area is 170 Å². The van der Waals surface area contributed by atoms with Crippen molar-refractivity contribution in [1.29, 1.82) is 0 Å². The molecule has 4 rings (SSSR count). The lowest BCUT2D eigenvalue weighted by molar-refractivity contribution is -0.109. The lowest BCUT2D eigenvalue weighted by Gasteiger charge is -2.30. The predicted octanol–water partition coefficient (Wildman–Crippen LogP) is 4.24. The van der Waals surface area contributed by atoms with E-state index in [1.807, 2.05) is 0 Å². The highest BCUT2D eigenvalue weighted by molar-refractivity contribution is 8.24. The molecular weight excluding hydrogens is 397 g/mol. The number of piperidine rings is 1. The molecule has 2 aromatic carbocycles. The number of carbonyl (C=O) groups excluding carboxylic acids is 1. The molecule has 2 aliphatic rings. The molecule has 0 saturated carbocycles. The Morgan fingerprint density at radius 3 is 2.62 bits per heavy atom. The topological polar surface area (TPSA) is 79.2 Å². The molecule has 0 atom stereocenters. The largest absolute Gasteiger partial charge is 0.490 e. The summed E-state index contributed by atoms with van der Waals surface area (Å²) in [7, 11) is -2.88. The summed E-state index contributed by atoms with van der Waals surface area (Å²) in [5, 5.41) is 0. The average molecular weight is 421 g/mol. The van der Waals surface area contributed by atoms with Gasteiger partial charge in [0.05, 0.1) is 13.2 Å². The number of benzene rings is 2. The van der Waals surface area contributed by atoms with E-state index in [9.17, 15) is 18.3 Å². The quantitative estimate of drug-likeness (QED) is 0.679. The summed E-state index contributed by atoms with van der Waals surface area (Å²) in [6.07, 6.45) is 2.79. The third-order valence-electron chi connectivity index (χ3n) is 5.45. The van der Waals surface area contributed by atoms with Crippen LogP contribution in [0.1, 0.15) is 12.8 Å². The second kappa shape index (κ2) is 8.31. The second-order valence-electron chi connectivity index (χ2n) is 7.46. The van der Waals surface area contributed by atoms with Crippen molar-refractivity contribution in [3.05, 3.63) is 42.2 Å². The van der Waals surface area contributed by atoms with Crippen molar-refractivity contribution in [3.63, 3.8) is 0 Å². The summed E-state index contributed by atoms with van der Waals surface area (Å²) in [6.45, 7) is 2.64. The first-order chi connectivity index (χ1) is 14.0. The number of ether oxygens (including phenoxy) is 2. The van der Waals surface area contributed by atoms with Gasteiger partial charge in [0, 0.05) is 0 Å². The number of aldehydes is 1. The first-order valence-electron chi connectivity index (χ1n) is 9.58. The summed E-state index contributed by atoms with van der Waals surface area (Å²) in [4.78, 5) is 13.1. The van der Waals surface area contributed by atoms with Gasteiger partial charge in [-0.05, 0) is 67.2 Å². The highest BCUT2D eigenvalue weighted by Gasteiger charge is 2.28. The average Bonchev–Trinajstić information content (AvgIpc) is 3.02. The van der Waals surface area contributed by atoms with Crippen molar-refractivity contribution in [2.45, 2.75) is 17.7 Å². The number of halogens is 1. The molecule has 8 heteroatoms. The Bertz CT molecular complexity index is 899. The number of rotatable bonds is 6. The maximum absolute atomic E-state index is 14.6. The molecule has 0 radical (unpaired) electrons. The highest BCUT2D eigenvalue weighted by atomic mass is 32.3. The standard InChI is InChI=1S/C21H24FNO5S/c22-18-11-16(17-2-4-21-20(12-17)28-14-29(21,25)26)1-3-19(18)27-13-15-5-7-23(8-6-15)9-10-24/h1-4,10-12,15,25-26H,5-9,13-14H2. The van der Waals surface area contributed by atoms with Crippen LogP contribution in [-0.2, 0) is 4.79 Å². The molecule has 1 saturated heterocycles. The molecule has 0 bridgehead atoms. The smallest absolute Gasteiger partial charge is 0.181 e. The van der Waals surface area contributed by atoms with E-state index < -0.39 is 16.4 Å². The van der Waals surface area contributed by atoms with Gasteiger partial charge in [-0.3, -0.25) is 14.0 Å². The van der Waals surface area contributed by atoms with Crippen LogP contribution in [0.5, 0.6) is 11.5 Å². The van der Waals surface area contributed by atoms with Crippen LogP contribution < -0.4 is 9.47 Å². The molecule has 6 nitrogen and oxygen atoms in total. The third-order valence-corrected chi connectivity index (χ3v) is 6.94. The number of likely N-dealkylation sites (tertiary alicyclic amines) is 1. The molecule has 0 unspecified atom stereocenters. The van der Waals surface area contributed by atoms with Gasteiger partial charge < -0.3 is 14.3 Å². The zero-order valence-corrected chi connectivity index (χ0v) is 16.7. The van der Waals surface area contributed by atoms with Crippen LogP contribution in [0, 0.1) is 11.7 Å². The summed E-state index contributed by atoms with van der Waals surface area (Å²) < 4.78 is 45.5. The normalized spacial score (nSPS) is 20.0. The minimum absolute atomic E-state index is 0.138. The van der Waals surface area contributed by atoms with Crippen LogP contribution in [-0.4, -0.2) is 52.5 Å². The number of fused-ring (bicyclic) bond motifs is 1. The van der Waals surface area contributed by atoms with Gasteiger partial charge in [-0.25, -0.2) is 4.39 Å². The maximum Gasteiger partial charge on any atom is 0.181 e. The van der Waals surface area contributed by atoms with Gasteiger partial charge in [0.25, 0.3) is 0 Å². The fraction of sp³-hybridized carbons (Fsp3) is 0.381. The van der Waals surface area contributed by atoms with Crippen molar-refractivity contribution < 1.29 is 27.8 Å². The Balaban J connectivity index is 1.39. The van der Waals surface area contributed by atoms with Gasteiger partial charge in [-0.2, -0.15) is 0 Å². The van der Waals surface area contributed by atoms with Gasteiger partial charge in [0.2, 0.25) is 0 Å². The maximum atomic E-state index is 14.6. The van der Waals surface area contributed by atoms with E-state index >= 15 is 0 Å². The van der Waals surface area contributed by atoms with E-state index in [0.717, 1.165) is 37.8 Å². The van der Waals surface area contributed by atoms with Crippen LogP contribution in [0.15, 0.2) is 41.3 Å². The molecule has 0 aromatic heterocycles. The van der Waals surface area contributed by atoms with Crippen LogP contribution in [0.3, 0.4) is 0 Å². The van der Waals surface area contributed by atoms with Crippen molar-refractivity contribution in [2.75, 3.05) is 32.2 Å². The van der Waals surface area contributed by atoms with Crippen LogP contribution in [0.25, 0.3) is 11.1 Å². The number of hydrogen-bond acceptors (Lipinski definition) is 6. The van der Waals surface area contributed by atoms with Gasteiger partial charge in [0.1, 0.15) is 16.9 Å². The molecule has 156 valence electrons. The fourth-order valence-electron chi connectivity index (χ4n) is 3.73. The summed E-state index contributed by atoms with van der Waals surface area (Å²) in [6, 6.07) is 9.85. The first-order valence-corrected chi connectivity index (χ1v) is 11.3. The van der Waals surface area contributed by atoms with Gasteiger partial charge in [0.15, 0.2) is 17.5 Å². The zero-order chi connectivity index (χ0) is 20.4. The molecule has 2 heterocycles. The van der Waals surface area contributed by atoms with E-state index in [1.165, 1.54) is 6.07 Å². The van der Waals surface area contributed by atoms with E-state index in [0.29, 0.717) is 35.3 Å². The molecule has 2 aromatic rings. The van der Waals surface area contributed by atoms with Crippen LogP contribution in [0.2, 0.25) is 0 Å². The number of carbonyl (C=O) groups is 1. The summed E-state index contributed by atoms with van der Waals surface area (Å²) in [5.41, 5.74) is 1.39. The van der Waals surface area contributed by atoms with E-state index in [-0.39, 0.29) is 11.7 Å². The first kappa shape index (κ1) is 20.2. The molecule has 29 heavy (non-hydrogen) atoms. The number of nitrogens with zero attached hydrogens (tertiary/aromatic N) is 1. The van der Waals surface area contributed by atoms with Crippen molar-refractivity contribution in [1.82, 2.24) is 4.90 Å². The second-order valence-corrected chi connectivity index (χ2v) is 9.47. The lowest BCUT2D eigenvalue weighted by Crippen LogP contribution is -2.36. The summed E-state index contributed by atoms with van der Waals surface area (Å²) >= 11 is 0. The van der Waals surface area contributed by atoms with Gasteiger partial charge in [-0.15, -0.1) is 10.6 Å². The highest BCUT2D eigenvalue weighted by Crippen LogP contribution is 2.57. The molecule has 0 amide bonds. The van der Waals surface area contributed by atoms with E-state index in [1.54, 1.807) is 30.3 Å². The van der Waals surface area contributed by atoms with Gasteiger partial charge >= 0.3 is 0 Å². The molecule has 2 N–H and O–H groups in total. The summed E-state index contributed by atoms with van der Waals surface area (Å²) in [5.74, 6) is 0.415. The third kappa shape index (κ3) is 4.40. The van der Waals surface area contributed by atoms with E-state index in [2.05, 4.69) is 4.90 Å². The Morgan fingerprint density at radius 2 is 1.90 bits per heavy atom. The lowest BCUT2D eigenvalue weighted by atomic mass is 9.98. The zero-order valence-electron chi connectivity index (χ0n) is 15.9. The number of hydrogen-bond donors (Lipinski definition) is 2. The van der Waals surface area contributed by atoms with Crippen LogP contribution >= 0.6 is 10.6 Å². The fourth-order valence-corrected chi connectivity index (χ4v) is 4.87. The van der Waals surface area contributed by atoms with E-state index in [4.69, 9.17) is 9.47 Å². The molecular formula is C21H24FNO5S. The Morgan fingerprint density at radius 1 is 1.17 bits per heavy atom. The predicted molar refractivity (Wildman–Crippen MR) is 109 cm³/mol. The molecule has 1 fully saturated rings. The Hall–Kier alpha value is -2.13. The van der Waals surface area contributed by atoms with Crippen molar-refractivity contribution in [2.24, 2.45) is 5.92 Å². The van der Waals surface area contributed by atoms with Crippen molar-refractivity contribution >= 4 is 16.9 Å². The molecule has 0 spiro atoms. The van der Waals surface area contributed by atoms with Crippen LogP contribution in [0.4, 0.5) is 4.39 Å². The Kier molecular flexibility index (Phi) is 5.78. The minimum Gasteiger partial charge on any atom is -0.490 e. The van der Waals surface area contributed by atoms with Crippen molar-refractivity contribution in [3.8, 4) is 22.6 Å². The monoisotopic (exact) mass is 421 g/mol. The van der Waals surface area contributed by atoms with Gasteiger partial charge in [-0.1, -0.05) is 12.1 Å². The SMILES string of the molecule is O=CCN1CCC(COc2ccc(-c3ccc4c(c3)OCS4(O)O)cc2F)CC1. The molecule has 2 aliphatic heterocycles. The minimum atomic E-state index is -2.88. The molecule has 0 aliphatic carbocycles.